The highest BCUT2D eigenvalue weighted by Crippen LogP contribution is 2.33. The molecule has 1 saturated heterocycles. The van der Waals surface area contributed by atoms with E-state index in [2.05, 4.69) is 31.0 Å². The lowest BCUT2D eigenvalue weighted by Crippen LogP contribution is -2.48. The lowest BCUT2D eigenvalue weighted by Gasteiger charge is -2.44. The van der Waals surface area contributed by atoms with E-state index in [-0.39, 0.29) is 0 Å². The summed E-state index contributed by atoms with van der Waals surface area (Å²) in [4.78, 5) is 2.81. The summed E-state index contributed by atoms with van der Waals surface area (Å²) in [6.07, 6.45) is 7.09. The zero-order chi connectivity index (χ0) is 13.0. The zero-order valence-corrected chi connectivity index (χ0v) is 12.6. The lowest BCUT2D eigenvalue weighted by molar-refractivity contribution is 0.0559. The van der Waals surface area contributed by atoms with E-state index in [1.165, 1.54) is 58.3 Å². The van der Waals surface area contributed by atoms with Crippen LogP contribution in [-0.2, 0) is 0 Å². The standard InChI is InChI=1S/C16H32N2/c1-4-18(12-15-8-10-17-11-9-15)16-13(2)6-5-7-14(16)3/h13-17H,4-12H2,1-3H3. The number of nitrogens with one attached hydrogen (secondary N) is 1. The Morgan fingerprint density at radius 3 is 2.17 bits per heavy atom. The van der Waals surface area contributed by atoms with Crippen LogP contribution in [0.2, 0.25) is 0 Å². The molecule has 1 N–H and O–H groups in total. The third kappa shape index (κ3) is 3.48. The first-order chi connectivity index (χ1) is 8.72. The van der Waals surface area contributed by atoms with Crippen molar-refractivity contribution >= 4 is 0 Å². The molecule has 2 atom stereocenters. The van der Waals surface area contributed by atoms with Crippen LogP contribution in [0.4, 0.5) is 0 Å². The SMILES string of the molecule is CCN(CC1CCNCC1)C1C(C)CCCC1C. The van der Waals surface area contributed by atoms with Gasteiger partial charge in [-0.1, -0.05) is 27.2 Å². The van der Waals surface area contributed by atoms with Crippen LogP contribution >= 0.6 is 0 Å². The highest BCUT2D eigenvalue weighted by molar-refractivity contribution is 4.86. The molecule has 1 saturated carbocycles. The largest absolute Gasteiger partial charge is 0.317 e. The van der Waals surface area contributed by atoms with Crippen LogP contribution in [0, 0.1) is 17.8 Å². The molecule has 0 aromatic carbocycles. The summed E-state index contributed by atoms with van der Waals surface area (Å²) < 4.78 is 0. The summed E-state index contributed by atoms with van der Waals surface area (Å²) in [5.41, 5.74) is 0. The second-order valence-corrected chi connectivity index (χ2v) is 6.66. The number of nitrogens with zero attached hydrogens (tertiary/aromatic N) is 1. The number of hydrogen-bond donors (Lipinski definition) is 1. The Labute approximate surface area is 114 Å². The minimum Gasteiger partial charge on any atom is -0.317 e. The second-order valence-electron chi connectivity index (χ2n) is 6.66. The molecule has 18 heavy (non-hydrogen) atoms. The fourth-order valence-corrected chi connectivity index (χ4v) is 4.24. The van der Waals surface area contributed by atoms with Gasteiger partial charge >= 0.3 is 0 Å². The Balaban J connectivity index is 1.93. The average molecular weight is 252 g/mol. The van der Waals surface area contributed by atoms with E-state index in [1.807, 2.05) is 0 Å². The Hall–Kier alpha value is -0.0800. The van der Waals surface area contributed by atoms with Crippen LogP contribution in [0.1, 0.15) is 52.9 Å². The molecular formula is C16H32N2. The van der Waals surface area contributed by atoms with Crippen LogP contribution in [0.5, 0.6) is 0 Å². The first-order valence-electron chi connectivity index (χ1n) is 8.17. The molecule has 0 radical (unpaired) electrons. The summed E-state index contributed by atoms with van der Waals surface area (Å²) in [7, 11) is 0. The van der Waals surface area contributed by atoms with Gasteiger partial charge in [-0.15, -0.1) is 0 Å². The van der Waals surface area contributed by atoms with E-state index in [0.29, 0.717) is 0 Å². The zero-order valence-electron chi connectivity index (χ0n) is 12.6. The Kier molecular flexibility index (Phi) is 5.50. The van der Waals surface area contributed by atoms with Crippen molar-refractivity contribution in [3.05, 3.63) is 0 Å². The van der Waals surface area contributed by atoms with Gasteiger partial charge in [-0.3, -0.25) is 4.90 Å². The normalized spacial score (nSPS) is 35.0. The van der Waals surface area contributed by atoms with Crippen molar-refractivity contribution in [1.29, 1.82) is 0 Å². The fraction of sp³-hybridized carbons (Fsp3) is 1.00. The van der Waals surface area contributed by atoms with Gasteiger partial charge < -0.3 is 5.32 Å². The minimum absolute atomic E-state index is 0.846. The molecule has 0 amide bonds. The molecule has 1 aliphatic carbocycles. The highest BCUT2D eigenvalue weighted by atomic mass is 15.2. The van der Waals surface area contributed by atoms with Crippen molar-refractivity contribution in [2.24, 2.45) is 17.8 Å². The Morgan fingerprint density at radius 2 is 1.61 bits per heavy atom. The molecule has 2 fully saturated rings. The molecule has 0 spiro atoms. The van der Waals surface area contributed by atoms with Gasteiger partial charge in [0, 0.05) is 12.6 Å². The average Bonchev–Trinajstić information content (AvgIpc) is 2.38. The van der Waals surface area contributed by atoms with Gasteiger partial charge in [0.05, 0.1) is 0 Å². The van der Waals surface area contributed by atoms with Gasteiger partial charge in [0.15, 0.2) is 0 Å². The molecule has 2 rings (SSSR count). The van der Waals surface area contributed by atoms with Crippen molar-refractivity contribution in [3.63, 3.8) is 0 Å². The summed E-state index contributed by atoms with van der Waals surface area (Å²) in [6, 6.07) is 0.846. The molecule has 2 aliphatic rings. The quantitative estimate of drug-likeness (QED) is 0.827. The van der Waals surface area contributed by atoms with Crippen molar-refractivity contribution in [3.8, 4) is 0 Å². The van der Waals surface area contributed by atoms with Crippen LogP contribution < -0.4 is 5.32 Å². The molecule has 0 bridgehead atoms. The molecular weight excluding hydrogens is 220 g/mol. The predicted molar refractivity (Wildman–Crippen MR) is 78.8 cm³/mol. The molecule has 0 aromatic heterocycles. The molecule has 0 aromatic rings. The number of hydrogen-bond acceptors (Lipinski definition) is 2. The lowest BCUT2D eigenvalue weighted by atomic mass is 9.77. The topological polar surface area (TPSA) is 15.3 Å². The summed E-state index contributed by atoms with van der Waals surface area (Å²) in [5, 5.41) is 3.48. The molecule has 2 heteroatoms. The maximum Gasteiger partial charge on any atom is 0.0146 e. The third-order valence-electron chi connectivity index (χ3n) is 5.26. The molecule has 2 nitrogen and oxygen atoms in total. The van der Waals surface area contributed by atoms with E-state index in [1.54, 1.807) is 0 Å². The van der Waals surface area contributed by atoms with Gasteiger partial charge in [-0.05, 0) is 63.1 Å². The first-order valence-corrected chi connectivity index (χ1v) is 8.17. The highest BCUT2D eigenvalue weighted by Gasteiger charge is 2.32. The van der Waals surface area contributed by atoms with Crippen LogP contribution in [0.3, 0.4) is 0 Å². The second kappa shape index (κ2) is 6.91. The molecule has 106 valence electrons. The van der Waals surface area contributed by atoms with Crippen molar-refractivity contribution in [1.82, 2.24) is 10.2 Å². The first kappa shape index (κ1) is 14.3. The van der Waals surface area contributed by atoms with E-state index >= 15 is 0 Å². The van der Waals surface area contributed by atoms with Crippen molar-refractivity contribution < 1.29 is 0 Å². The maximum absolute atomic E-state index is 3.48. The van der Waals surface area contributed by atoms with E-state index < -0.39 is 0 Å². The van der Waals surface area contributed by atoms with Crippen molar-refractivity contribution in [2.75, 3.05) is 26.2 Å². The van der Waals surface area contributed by atoms with Crippen LogP contribution in [0.25, 0.3) is 0 Å². The van der Waals surface area contributed by atoms with E-state index in [0.717, 1.165) is 23.8 Å². The van der Waals surface area contributed by atoms with Crippen LogP contribution in [0.15, 0.2) is 0 Å². The van der Waals surface area contributed by atoms with Crippen LogP contribution in [-0.4, -0.2) is 37.1 Å². The fourth-order valence-electron chi connectivity index (χ4n) is 4.24. The third-order valence-corrected chi connectivity index (χ3v) is 5.26. The number of rotatable bonds is 4. The summed E-state index contributed by atoms with van der Waals surface area (Å²) >= 11 is 0. The summed E-state index contributed by atoms with van der Waals surface area (Å²) in [6.45, 7) is 12.4. The molecule has 1 heterocycles. The molecule has 2 unspecified atom stereocenters. The number of piperidine rings is 1. The Bertz CT molecular complexity index is 225. The van der Waals surface area contributed by atoms with Gasteiger partial charge in [-0.25, -0.2) is 0 Å². The minimum atomic E-state index is 0.846. The van der Waals surface area contributed by atoms with Gasteiger partial charge in [0.25, 0.3) is 0 Å². The Morgan fingerprint density at radius 1 is 1.00 bits per heavy atom. The monoisotopic (exact) mass is 252 g/mol. The van der Waals surface area contributed by atoms with Gasteiger partial charge in [-0.2, -0.15) is 0 Å². The predicted octanol–water partition coefficient (Wildman–Crippen LogP) is 3.13. The van der Waals surface area contributed by atoms with Gasteiger partial charge in [0.2, 0.25) is 0 Å². The van der Waals surface area contributed by atoms with E-state index in [9.17, 15) is 0 Å². The maximum atomic E-state index is 3.48. The van der Waals surface area contributed by atoms with Crippen molar-refractivity contribution in [2.45, 2.75) is 58.9 Å². The van der Waals surface area contributed by atoms with E-state index in [4.69, 9.17) is 0 Å². The summed E-state index contributed by atoms with van der Waals surface area (Å²) in [5.74, 6) is 2.73. The molecule has 1 aliphatic heterocycles. The smallest absolute Gasteiger partial charge is 0.0146 e. The van der Waals surface area contributed by atoms with Gasteiger partial charge in [0.1, 0.15) is 0 Å².